The van der Waals surface area contributed by atoms with Gasteiger partial charge in [-0.2, -0.15) is 0 Å². The van der Waals surface area contributed by atoms with Crippen LogP contribution in [0, 0.1) is 0 Å². The quantitative estimate of drug-likeness (QED) is 0.792. The van der Waals surface area contributed by atoms with Crippen LogP contribution < -0.4 is 0 Å². The smallest absolute Gasteiger partial charge is 0.338 e. The fraction of sp³-hybridized carbons (Fsp3) is 0.176. The number of carbonyl (C=O) groups excluding carboxylic acids is 2. The Hall–Kier alpha value is -2.62. The highest BCUT2D eigenvalue weighted by atomic mass is 16.6. The molecule has 2 rings (SSSR count). The molecule has 0 saturated carbocycles. The van der Waals surface area contributed by atoms with Gasteiger partial charge in [0.15, 0.2) is 0 Å². The molecule has 0 aromatic heterocycles. The van der Waals surface area contributed by atoms with Crippen molar-refractivity contribution in [3.05, 3.63) is 71.8 Å². The average molecular weight is 284 g/mol. The van der Waals surface area contributed by atoms with Crippen molar-refractivity contribution in [1.82, 2.24) is 0 Å². The summed E-state index contributed by atoms with van der Waals surface area (Å²) < 4.78 is 10.3. The molecule has 0 unspecified atom stereocenters. The standard InChI is InChI=1S/C17H16O4/c1-13(21-17(19)15-10-6-3-7-11-15)12-20-16(18)14-8-4-2-5-9-14/h2-11,13H,12H2,1H3/t13-/m1/s1. The molecular formula is C17H16O4. The van der Waals surface area contributed by atoms with Crippen molar-refractivity contribution >= 4 is 11.9 Å². The fourth-order valence-electron chi connectivity index (χ4n) is 1.71. The van der Waals surface area contributed by atoms with Crippen LogP contribution in [-0.2, 0) is 9.47 Å². The minimum Gasteiger partial charge on any atom is -0.458 e. The molecule has 0 radical (unpaired) electrons. The number of esters is 2. The summed E-state index contributed by atoms with van der Waals surface area (Å²) in [4.78, 5) is 23.5. The second-order valence-electron chi connectivity index (χ2n) is 4.55. The summed E-state index contributed by atoms with van der Waals surface area (Å²) in [5.41, 5.74) is 0.942. The van der Waals surface area contributed by atoms with Crippen molar-refractivity contribution in [3.8, 4) is 0 Å². The SMILES string of the molecule is C[C@H](COC(=O)c1ccccc1)OC(=O)c1ccccc1. The molecule has 0 aliphatic carbocycles. The zero-order valence-corrected chi connectivity index (χ0v) is 11.7. The Morgan fingerprint density at radius 3 is 1.86 bits per heavy atom. The van der Waals surface area contributed by atoms with Crippen molar-refractivity contribution in [2.75, 3.05) is 6.61 Å². The van der Waals surface area contributed by atoms with Gasteiger partial charge in [0.1, 0.15) is 12.7 Å². The number of benzene rings is 2. The lowest BCUT2D eigenvalue weighted by atomic mass is 10.2. The highest BCUT2D eigenvalue weighted by molar-refractivity contribution is 5.90. The number of ether oxygens (including phenoxy) is 2. The van der Waals surface area contributed by atoms with Gasteiger partial charge in [0.2, 0.25) is 0 Å². The first kappa shape index (κ1) is 14.8. The summed E-state index contributed by atoms with van der Waals surface area (Å²) in [6.07, 6.45) is -0.509. The predicted octanol–water partition coefficient (Wildman–Crippen LogP) is 3.09. The van der Waals surface area contributed by atoms with E-state index in [9.17, 15) is 9.59 Å². The zero-order valence-electron chi connectivity index (χ0n) is 11.7. The first-order chi connectivity index (χ1) is 10.2. The normalized spacial score (nSPS) is 11.5. The topological polar surface area (TPSA) is 52.6 Å². The number of carbonyl (C=O) groups is 2. The summed E-state index contributed by atoms with van der Waals surface area (Å²) in [6, 6.07) is 17.4. The van der Waals surface area contributed by atoms with Crippen LogP contribution in [-0.4, -0.2) is 24.6 Å². The molecule has 108 valence electrons. The van der Waals surface area contributed by atoms with E-state index in [0.717, 1.165) is 0 Å². The second kappa shape index (κ2) is 7.24. The van der Waals surface area contributed by atoms with E-state index in [4.69, 9.17) is 9.47 Å². The molecule has 0 aliphatic rings. The van der Waals surface area contributed by atoms with Gasteiger partial charge in [-0.15, -0.1) is 0 Å². The lowest BCUT2D eigenvalue weighted by molar-refractivity contribution is 0.00448. The van der Waals surface area contributed by atoms with E-state index in [0.29, 0.717) is 11.1 Å². The van der Waals surface area contributed by atoms with E-state index in [1.165, 1.54) is 0 Å². The second-order valence-corrected chi connectivity index (χ2v) is 4.55. The lowest BCUT2D eigenvalue weighted by Gasteiger charge is -2.13. The summed E-state index contributed by atoms with van der Waals surface area (Å²) in [5.74, 6) is -0.864. The van der Waals surface area contributed by atoms with Crippen LogP contribution in [0.15, 0.2) is 60.7 Å². The Balaban J connectivity index is 1.81. The molecule has 0 amide bonds. The van der Waals surface area contributed by atoms with Gasteiger partial charge >= 0.3 is 11.9 Å². The molecule has 21 heavy (non-hydrogen) atoms. The van der Waals surface area contributed by atoms with Gasteiger partial charge < -0.3 is 9.47 Å². The largest absolute Gasteiger partial charge is 0.458 e. The minimum absolute atomic E-state index is 0.0201. The van der Waals surface area contributed by atoms with Gasteiger partial charge in [-0.1, -0.05) is 36.4 Å². The maximum Gasteiger partial charge on any atom is 0.338 e. The monoisotopic (exact) mass is 284 g/mol. The summed E-state index contributed by atoms with van der Waals surface area (Å²) in [7, 11) is 0. The van der Waals surface area contributed by atoms with Gasteiger partial charge in [0.25, 0.3) is 0 Å². The maximum absolute atomic E-state index is 11.8. The molecule has 2 aromatic carbocycles. The van der Waals surface area contributed by atoms with Gasteiger partial charge in [0, 0.05) is 0 Å². The van der Waals surface area contributed by atoms with Crippen LogP contribution >= 0.6 is 0 Å². The van der Waals surface area contributed by atoms with Crippen LogP contribution in [0.1, 0.15) is 27.6 Å². The molecule has 0 aliphatic heterocycles. The van der Waals surface area contributed by atoms with Gasteiger partial charge in [-0.3, -0.25) is 0 Å². The molecule has 4 nitrogen and oxygen atoms in total. The number of hydrogen-bond donors (Lipinski definition) is 0. The van der Waals surface area contributed by atoms with Crippen LogP contribution in [0.25, 0.3) is 0 Å². The van der Waals surface area contributed by atoms with Gasteiger partial charge in [-0.25, -0.2) is 9.59 Å². The molecule has 2 aromatic rings. The van der Waals surface area contributed by atoms with Crippen molar-refractivity contribution in [2.45, 2.75) is 13.0 Å². The average Bonchev–Trinajstić information content (AvgIpc) is 2.54. The lowest BCUT2D eigenvalue weighted by Crippen LogP contribution is -2.22. The van der Waals surface area contributed by atoms with E-state index in [1.807, 2.05) is 12.1 Å². The molecule has 0 saturated heterocycles. The Labute approximate surface area is 123 Å². The number of hydrogen-bond acceptors (Lipinski definition) is 4. The molecule has 1 atom stereocenters. The Morgan fingerprint density at radius 1 is 0.857 bits per heavy atom. The van der Waals surface area contributed by atoms with Gasteiger partial charge in [-0.05, 0) is 31.2 Å². The first-order valence-electron chi connectivity index (χ1n) is 6.65. The molecule has 4 heteroatoms. The zero-order chi connectivity index (χ0) is 15.1. The fourth-order valence-corrected chi connectivity index (χ4v) is 1.71. The van der Waals surface area contributed by atoms with E-state index in [-0.39, 0.29) is 6.61 Å². The van der Waals surface area contributed by atoms with E-state index in [1.54, 1.807) is 55.5 Å². The van der Waals surface area contributed by atoms with Crippen LogP contribution in [0.4, 0.5) is 0 Å². The Bertz CT molecular complexity index is 593. The predicted molar refractivity (Wildman–Crippen MR) is 78.0 cm³/mol. The van der Waals surface area contributed by atoms with Crippen LogP contribution in [0.3, 0.4) is 0 Å². The maximum atomic E-state index is 11.8. The van der Waals surface area contributed by atoms with Gasteiger partial charge in [0.05, 0.1) is 11.1 Å². The Morgan fingerprint density at radius 2 is 1.33 bits per heavy atom. The van der Waals surface area contributed by atoms with Crippen molar-refractivity contribution < 1.29 is 19.1 Å². The third kappa shape index (κ3) is 4.45. The summed E-state index contributed by atoms with van der Waals surface area (Å²) in [6.45, 7) is 1.70. The summed E-state index contributed by atoms with van der Waals surface area (Å²) >= 11 is 0. The highest BCUT2D eigenvalue weighted by Gasteiger charge is 2.14. The van der Waals surface area contributed by atoms with Crippen molar-refractivity contribution in [2.24, 2.45) is 0 Å². The van der Waals surface area contributed by atoms with Crippen LogP contribution in [0.2, 0.25) is 0 Å². The molecule has 0 bridgehead atoms. The van der Waals surface area contributed by atoms with E-state index in [2.05, 4.69) is 0 Å². The molecule has 0 heterocycles. The Kier molecular flexibility index (Phi) is 5.10. The van der Waals surface area contributed by atoms with E-state index < -0.39 is 18.0 Å². The summed E-state index contributed by atoms with van der Waals surface area (Å²) in [5, 5.41) is 0. The minimum atomic E-state index is -0.509. The molecular weight excluding hydrogens is 268 g/mol. The van der Waals surface area contributed by atoms with Crippen LogP contribution in [0.5, 0.6) is 0 Å². The van der Waals surface area contributed by atoms with Crippen molar-refractivity contribution in [3.63, 3.8) is 0 Å². The third-order valence-electron chi connectivity index (χ3n) is 2.78. The highest BCUT2D eigenvalue weighted by Crippen LogP contribution is 2.06. The molecule has 0 N–H and O–H groups in total. The molecule has 0 spiro atoms. The number of rotatable bonds is 5. The van der Waals surface area contributed by atoms with E-state index >= 15 is 0 Å². The molecule has 0 fully saturated rings. The van der Waals surface area contributed by atoms with Crippen molar-refractivity contribution in [1.29, 1.82) is 0 Å². The first-order valence-corrected chi connectivity index (χ1v) is 6.65. The third-order valence-corrected chi connectivity index (χ3v) is 2.78.